The van der Waals surface area contributed by atoms with E-state index >= 15 is 14.4 Å². The van der Waals surface area contributed by atoms with E-state index in [9.17, 15) is 9.90 Å². The number of nitrogens with zero attached hydrogens (tertiary/aromatic N) is 4. The van der Waals surface area contributed by atoms with Crippen molar-refractivity contribution in [1.29, 1.82) is 0 Å². The number of esters is 1. The number of aliphatic hydroxyl groups excluding tert-OH is 1. The molecule has 1 N–H and O–H groups in total. The van der Waals surface area contributed by atoms with Crippen molar-refractivity contribution in [2.75, 3.05) is 78.5 Å². The molecule has 11 rings (SSSR count). The molecule has 388 valence electrons. The van der Waals surface area contributed by atoms with Crippen LogP contribution >= 0.6 is 0 Å². The van der Waals surface area contributed by atoms with Gasteiger partial charge in [-0.15, -0.1) is 0 Å². The van der Waals surface area contributed by atoms with Gasteiger partial charge < -0.3 is 43.2 Å². The summed E-state index contributed by atoms with van der Waals surface area (Å²) in [5.74, 6) is 5.51. The Balaban J connectivity index is 1.12. The number of benzene rings is 6. The molecule has 6 aromatic rings. The van der Waals surface area contributed by atoms with Gasteiger partial charge in [-0.05, 0) is 94.5 Å². The maximum atomic E-state index is 16.7. The molecule has 0 bridgehead atoms. The molecule has 16 nitrogen and oxygen atoms in total. The lowest BCUT2D eigenvalue weighted by Gasteiger charge is -2.46. The van der Waals surface area contributed by atoms with E-state index in [4.69, 9.17) is 33.2 Å². The van der Waals surface area contributed by atoms with Gasteiger partial charge in [0.05, 0.1) is 44.0 Å². The maximum absolute atomic E-state index is 16.7. The lowest BCUT2D eigenvalue weighted by atomic mass is 9.64. The smallest absolute Gasteiger partial charge is 0.421 e. The van der Waals surface area contributed by atoms with Crippen LogP contribution in [0.2, 0.25) is 0 Å². The van der Waals surface area contributed by atoms with E-state index in [-0.39, 0.29) is 52.0 Å². The Labute approximate surface area is 440 Å². The van der Waals surface area contributed by atoms with Gasteiger partial charge in [0.1, 0.15) is 42.3 Å². The first-order valence-corrected chi connectivity index (χ1v) is 25.3. The van der Waals surface area contributed by atoms with Gasteiger partial charge >= 0.3 is 12.1 Å². The summed E-state index contributed by atoms with van der Waals surface area (Å²) in [6.07, 6.45) is -1.91. The zero-order valence-corrected chi connectivity index (χ0v) is 42.0. The van der Waals surface area contributed by atoms with Gasteiger partial charge in [-0.3, -0.25) is 24.2 Å². The van der Waals surface area contributed by atoms with Gasteiger partial charge in [-0.2, -0.15) is 0 Å². The fourth-order valence-electron chi connectivity index (χ4n) is 11.6. The van der Waals surface area contributed by atoms with Gasteiger partial charge in [-0.25, -0.2) is 9.69 Å². The highest BCUT2D eigenvalue weighted by Gasteiger charge is 2.76. The third-order valence-electron chi connectivity index (χ3n) is 14.9. The van der Waals surface area contributed by atoms with Crippen molar-refractivity contribution in [1.82, 2.24) is 14.7 Å². The molecule has 6 aromatic carbocycles. The summed E-state index contributed by atoms with van der Waals surface area (Å²) in [5, 5.41) is 9.91. The molecule has 0 radical (unpaired) electrons. The van der Waals surface area contributed by atoms with E-state index in [2.05, 4.69) is 16.7 Å². The van der Waals surface area contributed by atoms with Crippen LogP contribution in [-0.4, -0.2) is 123 Å². The predicted molar refractivity (Wildman–Crippen MR) is 278 cm³/mol. The Morgan fingerprint density at radius 3 is 2.14 bits per heavy atom. The number of carbonyl (C=O) groups excluding carboxylic acids is 4. The second-order valence-electron chi connectivity index (χ2n) is 19.2. The van der Waals surface area contributed by atoms with Gasteiger partial charge in [0.25, 0.3) is 0 Å². The standard InChI is InChI=1S/C60H56N4O12/c1-70-32-33-73-59(69)63-48-24-20-40(17-16-39-18-22-45(71-2)23-19-39)34-47(48)60(58(63)68)51(56(66)62-28-26-61(27-29-62)37-41-21-25-49-50(35-41)75-38-74-49)53-57(67)76-54(43-12-7-4-8-13-43)52(42-10-5-3-6-11-42)64(53)55(60)44-14-9-15-46(36-44)72-31-30-65/h3-15,18-25,34-36,51-55,65H,26-33,37-38H2,1-2H3/t51-,52-,53-,54+,55+,60-/m0/s1. The van der Waals surface area contributed by atoms with Crippen molar-refractivity contribution >= 4 is 29.6 Å². The molecule has 5 heterocycles. The Bertz CT molecular complexity index is 3190. The number of imide groups is 1. The molecule has 76 heavy (non-hydrogen) atoms. The Morgan fingerprint density at radius 2 is 1.41 bits per heavy atom. The molecule has 5 aliphatic heterocycles. The van der Waals surface area contributed by atoms with Crippen molar-refractivity contribution in [3.8, 4) is 34.8 Å². The predicted octanol–water partition coefficient (Wildman–Crippen LogP) is 6.99. The zero-order chi connectivity index (χ0) is 52.3. The molecular weight excluding hydrogens is 969 g/mol. The Hall–Kier alpha value is -8.20. The summed E-state index contributed by atoms with van der Waals surface area (Å²) >= 11 is 0. The molecule has 6 atom stereocenters. The van der Waals surface area contributed by atoms with E-state index in [1.807, 2.05) is 114 Å². The molecule has 0 saturated carbocycles. The molecular formula is C60H56N4O12. The molecule has 5 aliphatic rings. The molecule has 3 fully saturated rings. The number of hydrogen-bond acceptors (Lipinski definition) is 14. The second-order valence-corrected chi connectivity index (χ2v) is 19.2. The van der Waals surface area contributed by atoms with Crippen LogP contribution in [-0.2, 0) is 40.6 Å². The molecule has 0 unspecified atom stereocenters. The maximum Gasteiger partial charge on any atom is 0.421 e. The number of carbonyl (C=O) groups is 4. The number of anilines is 1. The lowest BCUT2D eigenvalue weighted by Crippen LogP contribution is -2.59. The first-order valence-electron chi connectivity index (χ1n) is 25.3. The van der Waals surface area contributed by atoms with Crippen LogP contribution in [0.25, 0.3) is 0 Å². The quantitative estimate of drug-likeness (QED) is 0.0715. The highest BCUT2D eigenvalue weighted by molar-refractivity contribution is 6.23. The summed E-state index contributed by atoms with van der Waals surface area (Å²) < 4.78 is 40.4. The van der Waals surface area contributed by atoms with Crippen LogP contribution in [0.15, 0.2) is 146 Å². The van der Waals surface area contributed by atoms with Crippen molar-refractivity contribution in [3.63, 3.8) is 0 Å². The largest absolute Gasteiger partial charge is 0.497 e. The third-order valence-corrected chi connectivity index (χ3v) is 14.9. The fourth-order valence-corrected chi connectivity index (χ4v) is 11.6. The number of methoxy groups -OCH3 is 2. The van der Waals surface area contributed by atoms with Crippen LogP contribution in [0, 0.1) is 17.8 Å². The minimum Gasteiger partial charge on any atom is -0.497 e. The summed E-state index contributed by atoms with van der Waals surface area (Å²) in [6.45, 7) is 1.81. The number of piperazine rings is 1. The summed E-state index contributed by atoms with van der Waals surface area (Å²) in [6, 6.07) is 41.1. The van der Waals surface area contributed by atoms with Crippen LogP contribution in [0.1, 0.15) is 57.1 Å². The van der Waals surface area contributed by atoms with E-state index in [1.165, 1.54) is 7.11 Å². The van der Waals surface area contributed by atoms with Gasteiger partial charge in [0.15, 0.2) is 11.5 Å². The minimum absolute atomic E-state index is 0.0263. The molecule has 3 saturated heterocycles. The topological polar surface area (TPSA) is 166 Å². The highest BCUT2D eigenvalue weighted by Crippen LogP contribution is 2.66. The average Bonchev–Trinajstić information content (AvgIpc) is 4.31. The summed E-state index contributed by atoms with van der Waals surface area (Å²) in [7, 11) is 3.06. The van der Waals surface area contributed by atoms with Gasteiger partial charge in [0.2, 0.25) is 18.6 Å². The first-order chi connectivity index (χ1) is 37.2. The number of hydrogen-bond donors (Lipinski definition) is 1. The second kappa shape index (κ2) is 21.6. The number of cyclic esters (lactones) is 1. The van der Waals surface area contributed by atoms with Crippen LogP contribution in [0.5, 0.6) is 23.0 Å². The lowest BCUT2D eigenvalue weighted by molar-refractivity contribution is -0.179. The number of aliphatic hydroxyl groups is 1. The van der Waals surface area contributed by atoms with Crippen molar-refractivity contribution < 1.29 is 57.4 Å². The third kappa shape index (κ3) is 9.15. The van der Waals surface area contributed by atoms with E-state index in [0.29, 0.717) is 70.4 Å². The zero-order valence-electron chi connectivity index (χ0n) is 42.0. The molecule has 1 spiro atoms. The fraction of sp³-hybridized carbons (Fsp3) is 0.300. The summed E-state index contributed by atoms with van der Waals surface area (Å²) in [4.78, 5) is 70.6. The van der Waals surface area contributed by atoms with Crippen LogP contribution in [0.3, 0.4) is 0 Å². The van der Waals surface area contributed by atoms with E-state index in [0.717, 1.165) is 16.0 Å². The van der Waals surface area contributed by atoms with Crippen LogP contribution in [0.4, 0.5) is 10.5 Å². The van der Waals surface area contributed by atoms with Crippen molar-refractivity contribution in [2.24, 2.45) is 5.92 Å². The number of amides is 3. The Kier molecular flexibility index (Phi) is 14.2. The number of fused-ring (bicyclic) bond motifs is 4. The molecule has 16 heteroatoms. The van der Waals surface area contributed by atoms with Gasteiger partial charge in [-0.1, -0.05) is 90.7 Å². The normalized spacial score (nSPS) is 22.6. The monoisotopic (exact) mass is 1020 g/mol. The number of morpholine rings is 1. The molecule has 0 aromatic heterocycles. The average molecular weight is 1030 g/mol. The van der Waals surface area contributed by atoms with E-state index < -0.39 is 59.4 Å². The number of rotatable bonds is 13. The van der Waals surface area contributed by atoms with Crippen molar-refractivity contribution in [3.05, 3.63) is 185 Å². The molecule has 3 amide bonds. The Morgan fingerprint density at radius 1 is 0.697 bits per heavy atom. The van der Waals surface area contributed by atoms with Gasteiger partial charge in [0, 0.05) is 51.0 Å². The minimum atomic E-state index is -2.05. The van der Waals surface area contributed by atoms with E-state index in [1.54, 1.807) is 48.4 Å². The summed E-state index contributed by atoms with van der Waals surface area (Å²) in [5.41, 5.74) is 2.58. The first kappa shape index (κ1) is 50.0. The highest BCUT2D eigenvalue weighted by atomic mass is 16.7. The van der Waals surface area contributed by atoms with Crippen LogP contribution < -0.4 is 23.8 Å². The molecule has 0 aliphatic carbocycles. The SMILES string of the molecule is COCCOC(=O)N1C(=O)[C@@]2(c3cc(C#Cc4ccc(OC)cc4)ccc31)[C@H](C(=O)N1CCN(Cc3ccc4c(c3)OCO4)CC1)[C@H]1C(=O)O[C@H](c3ccccc3)[C@H](c3ccccc3)N1[C@@H]2c1cccc(OCCO)c1. The van der Waals surface area contributed by atoms with Crippen molar-refractivity contribution in [2.45, 2.75) is 36.2 Å². The number of ether oxygens (including phenoxy) is 7.